The third-order valence-electron chi connectivity index (χ3n) is 5.08. The molecule has 0 radical (unpaired) electrons. The lowest BCUT2D eigenvalue weighted by Gasteiger charge is -2.28. The number of carbonyl (C=O) groups excluding carboxylic acids is 1. The Morgan fingerprint density at radius 2 is 1.81 bits per heavy atom. The number of hydrazine groups is 1. The van der Waals surface area contributed by atoms with E-state index in [2.05, 4.69) is 36.4 Å². The molecule has 0 aliphatic heterocycles. The van der Waals surface area contributed by atoms with E-state index in [4.69, 9.17) is 16.0 Å². The van der Waals surface area contributed by atoms with Crippen molar-refractivity contribution in [2.24, 2.45) is 0 Å². The lowest BCUT2D eigenvalue weighted by molar-refractivity contribution is 0.0935. The molecule has 4 rings (SSSR count). The molecule has 2 aromatic heterocycles. The quantitative estimate of drug-likeness (QED) is 0.323. The summed E-state index contributed by atoms with van der Waals surface area (Å²) in [5.41, 5.74) is 6.17. The van der Waals surface area contributed by atoms with E-state index in [1.807, 2.05) is 12.1 Å². The first-order valence-corrected chi connectivity index (χ1v) is 10.7. The number of hydrogen-bond acceptors (Lipinski definition) is 9. The predicted molar refractivity (Wildman–Crippen MR) is 120 cm³/mol. The number of aliphatic hydroxyl groups is 1. The molecule has 1 aromatic carbocycles. The Bertz CT molecular complexity index is 1030. The van der Waals surface area contributed by atoms with Crippen LogP contribution in [-0.4, -0.2) is 38.1 Å². The summed E-state index contributed by atoms with van der Waals surface area (Å²) in [6, 6.07) is 10.4. The van der Waals surface area contributed by atoms with Crippen molar-refractivity contribution in [3.05, 3.63) is 59.0 Å². The first-order chi connectivity index (χ1) is 15.6. The second-order valence-electron chi connectivity index (χ2n) is 7.45. The zero-order valence-electron chi connectivity index (χ0n) is 17.2. The highest BCUT2D eigenvalue weighted by Gasteiger charge is 2.24. The molecule has 0 spiro atoms. The van der Waals surface area contributed by atoms with Gasteiger partial charge in [-0.05, 0) is 42.7 Å². The van der Waals surface area contributed by atoms with Crippen LogP contribution < -0.4 is 21.5 Å². The molecule has 2 heterocycles. The Morgan fingerprint density at radius 1 is 1.06 bits per heavy atom. The van der Waals surface area contributed by atoms with E-state index >= 15 is 0 Å². The summed E-state index contributed by atoms with van der Waals surface area (Å²) >= 11 is 5.94. The first kappa shape index (κ1) is 21.8. The van der Waals surface area contributed by atoms with Gasteiger partial charge in [-0.3, -0.25) is 15.6 Å². The Labute approximate surface area is 189 Å². The molecule has 168 valence electrons. The van der Waals surface area contributed by atoms with Crippen LogP contribution in [-0.2, 0) is 6.54 Å². The molecule has 2 atom stereocenters. The summed E-state index contributed by atoms with van der Waals surface area (Å²) in [6.45, 7) is 0.463. The summed E-state index contributed by atoms with van der Waals surface area (Å²) in [7, 11) is 0. The molecular weight excluding hydrogens is 434 g/mol. The topological polar surface area (TPSA) is 137 Å². The van der Waals surface area contributed by atoms with E-state index in [0.717, 1.165) is 31.2 Å². The molecule has 0 saturated heterocycles. The minimum atomic E-state index is -0.471. The average molecular weight is 458 g/mol. The van der Waals surface area contributed by atoms with Crippen molar-refractivity contribution in [3.63, 3.8) is 0 Å². The number of halogens is 1. The third-order valence-corrected chi connectivity index (χ3v) is 5.33. The number of nitrogens with one attached hydrogen (secondary N) is 4. The predicted octanol–water partition coefficient (Wildman–Crippen LogP) is 3.20. The highest BCUT2D eigenvalue weighted by atomic mass is 35.5. The maximum absolute atomic E-state index is 12.1. The standard InChI is InChI=1S/C21H24ClN7O3/c22-14-9-7-13(8-10-14)12-23-19-25-20(24-15-4-1-2-5-16(15)30)27-21(26-19)29-28-18(31)17-6-3-11-32-17/h3,6-11,15-16,30H,1-2,4-5,12H2,(H,28,31)(H3,23,24,25,26,27,29). The molecule has 1 amide bonds. The molecule has 1 saturated carbocycles. The smallest absolute Gasteiger partial charge is 0.305 e. The fourth-order valence-corrected chi connectivity index (χ4v) is 3.51. The number of aliphatic hydroxyl groups excluding tert-OH is 1. The van der Waals surface area contributed by atoms with E-state index in [0.29, 0.717) is 23.5 Å². The maximum atomic E-state index is 12.1. The Kier molecular flexibility index (Phi) is 7.03. The van der Waals surface area contributed by atoms with E-state index < -0.39 is 12.0 Å². The molecule has 3 aromatic rings. The van der Waals surface area contributed by atoms with Crippen molar-refractivity contribution in [1.82, 2.24) is 20.4 Å². The minimum absolute atomic E-state index is 0.131. The number of amides is 1. The number of furan rings is 1. The van der Waals surface area contributed by atoms with Crippen LogP contribution in [0.4, 0.5) is 17.8 Å². The van der Waals surface area contributed by atoms with Gasteiger partial charge >= 0.3 is 5.91 Å². The highest BCUT2D eigenvalue weighted by Crippen LogP contribution is 2.22. The zero-order valence-corrected chi connectivity index (χ0v) is 18.0. The second kappa shape index (κ2) is 10.3. The van der Waals surface area contributed by atoms with Gasteiger partial charge in [0.2, 0.25) is 17.8 Å². The van der Waals surface area contributed by atoms with Gasteiger partial charge in [0.05, 0.1) is 18.4 Å². The largest absolute Gasteiger partial charge is 0.459 e. The van der Waals surface area contributed by atoms with Gasteiger partial charge in [-0.15, -0.1) is 0 Å². The van der Waals surface area contributed by atoms with E-state index in [1.54, 1.807) is 24.3 Å². The molecule has 32 heavy (non-hydrogen) atoms. The van der Waals surface area contributed by atoms with Crippen LogP contribution in [0.3, 0.4) is 0 Å². The van der Waals surface area contributed by atoms with Crippen molar-refractivity contribution in [1.29, 1.82) is 0 Å². The van der Waals surface area contributed by atoms with Crippen LogP contribution in [0.2, 0.25) is 5.02 Å². The number of benzene rings is 1. The van der Waals surface area contributed by atoms with Crippen LogP contribution in [0.1, 0.15) is 41.8 Å². The number of nitrogens with zero attached hydrogens (tertiary/aromatic N) is 3. The number of rotatable bonds is 8. The number of hydrogen-bond donors (Lipinski definition) is 5. The van der Waals surface area contributed by atoms with E-state index in [1.165, 1.54) is 6.26 Å². The second-order valence-corrected chi connectivity index (χ2v) is 7.88. The van der Waals surface area contributed by atoms with Crippen molar-refractivity contribution >= 4 is 35.4 Å². The maximum Gasteiger partial charge on any atom is 0.305 e. The fraction of sp³-hybridized carbons (Fsp3) is 0.333. The van der Waals surface area contributed by atoms with Gasteiger partial charge in [0.25, 0.3) is 0 Å². The summed E-state index contributed by atoms with van der Waals surface area (Å²) in [4.78, 5) is 25.2. The molecule has 11 heteroatoms. The van der Waals surface area contributed by atoms with Gasteiger partial charge in [0.15, 0.2) is 5.76 Å². The Hall–Kier alpha value is -3.37. The van der Waals surface area contributed by atoms with E-state index in [-0.39, 0.29) is 17.8 Å². The van der Waals surface area contributed by atoms with Gasteiger partial charge in [-0.25, -0.2) is 0 Å². The molecule has 1 fully saturated rings. The summed E-state index contributed by atoms with van der Waals surface area (Å²) in [5, 5.41) is 17.3. The number of aromatic nitrogens is 3. The monoisotopic (exact) mass is 457 g/mol. The van der Waals surface area contributed by atoms with Crippen molar-refractivity contribution in [2.75, 3.05) is 16.1 Å². The van der Waals surface area contributed by atoms with Crippen molar-refractivity contribution in [2.45, 2.75) is 44.4 Å². The van der Waals surface area contributed by atoms with Crippen LogP contribution in [0.15, 0.2) is 47.1 Å². The van der Waals surface area contributed by atoms with Gasteiger partial charge in [-0.1, -0.05) is 36.6 Å². The minimum Gasteiger partial charge on any atom is -0.459 e. The van der Waals surface area contributed by atoms with Crippen LogP contribution in [0.5, 0.6) is 0 Å². The van der Waals surface area contributed by atoms with Gasteiger partial charge < -0.3 is 20.2 Å². The summed E-state index contributed by atoms with van der Waals surface area (Å²) in [5.74, 6) is 0.405. The van der Waals surface area contributed by atoms with Gasteiger partial charge in [0, 0.05) is 11.6 Å². The van der Waals surface area contributed by atoms with Crippen LogP contribution in [0, 0.1) is 0 Å². The number of carbonyl (C=O) groups is 1. The summed E-state index contributed by atoms with van der Waals surface area (Å²) in [6.07, 6.45) is 4.50. The lowest BCUT2D eigenvalue weighted by atomic mass is 9.93. The van der Waals surface area contributed by atoms with Crippen LogP contribution in [0.25, 0.3) is 0 Å². The summed E-state index contributed by atoms with van der Waals surface area (Å²) < 4.78 is 5.07. The normalized spacial score (nSPS) is 18.1. The third kappa shape index (κ3) is 5.86. The van der Waals surface area contributed by atoms with Crippen molar-refractivity contribution in [3.8, 4) is 0 Å². The SMILES string of the molecule is O=C(NNc1nc(NCc2ccc(Cl)cc2)nc(NC2CCCCC2O)n1)c1ccco1. The van der Waals surface area contributed by atoms with Gasteiger partial charge in [-0.2, -0.15) is 15.0 Å². The van der Waals surface area contributed by atoms with E-state index in [9.17, 15) is 9.90 Å². The van der Waals surface area contributed by atoms with Gasteiger partial charge in [0.1, 0.15) is 0 Å². The molecule has 0 bridgehead atoms. The Morgan fingerprint density at radius 3 is 2.56 bits per heavy atom. The average Bonchev–Trinajstić information content (AvgIpc) is 3.34. The van der Waals surface area contributed by atoms with Crippen LogP contribution >= 0.6 is 11.6 Å². The molecule has 2 unspecified atom stereocenters. The van der Waals surface area contributed by atoms with Crippen molar-refractivity contribution < 1.29 is 14.3 Å². The molecular formula is C21H24ClN7O3. The Balaban J connectivity index is 1.48. The fourth-order valence-electron chi connectivity index (χ4n) is 3.39. The number of anilines is 3. The molecule has 10 nitrogen and oxygen atoms in total. The molecule has 5 N–H and O–H groups in total. The first-order valence-electron chi connectivity index (χ1n) is 10.4. The lowest BCUT2D eigenvalue weighted by Crippen LogP contribution is -2.37. The molecule has 1 aliphatic rings. The zero-order chi connectivity index (χ0) is 22.3. The molecule has 1 aliphatic carbocycles. The highest BCUT2D eigenvalue weighted by molar-refractivity contribution is 6.30.